The quantitative estimate of drug-likeness (QED) is 0.826. The second-order valence-corrected chi connectivity index (χ2v) is 5.95. The first-order valence-electron chi connectivity index (χ1n) is 7.09. The van der Waals surface area contributed by atoms with Crippen molar-refractivity contribution in [2.45, 2.75) is 57.8 Å². The smallest absolute Gasteiger partial charge is 0.140 e. The van der Waals surface area contributed by atoms with Crippen molar-refractivity contribution in [3.05, 3.63) is 35.4 Å². The van der Waals surface area contributed by atoms with Crippen molar-refractivity contribution in [3.8, 4) is 0 Å². The second kappa shape index (κ2) is 5.28. The fraction of sp³-hybridized carbons (Fsp3) is 0.529. The number of Topliss-reactive ketones (excluding diaryl/α,β-unsaturated/α-hetero) is 2. The lowest BCUT2D eigenvalue weighted by Gasteiger charge is -2.35. The van der Waals surface area contributed by atoms with E-state index in [0.29, 0.717) is 31.6 Å². The molecule has 1 fully saturated rings. The van der Waals surface area contributed by atoms with Gasteiger partial charge in [0.15, 0.2) is 0 Å². The van der Waals surface area contributed by atoms with Crippen LogP contribution in [0.15, 0.2) is 24.3 Å². The molecule has 0 amide bonds. The Morgan fingerprint density at radius 1 is 1.11 bits per heavy atom. The maximum Gasteiger partial charge on any atom is 0.140 e. The first-order chi connectivity index (χ1) is 8.95. The molecule has 0 aliphatic heterocycles. The molecule has 0 bridgehead atoms. The molecular formula is C17H22O2. The number of carbonyl (C=O) groups excluding carboxylic acids is 2. The predicted molar refractivity (Wildman–Crippen MR) is 76.4 cm³/mol. The van der Waals surface area contributed by atoms with Crippen LogP contribution in [0.25, 0.3) is 0 Å². The van der Waals surface area contributed by atoms with Gasteiger partial charge in [-0.05, 0) is 36.8 Å². The van der Waals surface area contributed by atoms with Gasteiger partial charge in [-0.1, -0.05) is 38.1 Å². The molecule has 19 heavy (non-hydrogen) atoms. The maximum absolute atomic E-state index is 12.1. The van der Waals surface area contributed by atoms with E-state index in [0.717, 1.165) is 5.56 Å². The highest BCUT2D eigenvalue weighted by atomic mass is 16.1. The van der Waals surface area contributed by atoms with Gasteiger partial charge in [-0.25, -0.2) is 0 Å². The second-order valence-electron chi connectivity index (χ2n) is 5.95. The van der Waals surface area contributed by atoms with E-state index in [1.54, 1.807) is 6.92 Å². The third-order valence-corrected chi connectivity index (χ3v) is 4.47. The summed E-state index contributed by atoms with van der Waals surface area (Å²) >= 11 is 0. The van der Waals surface area contributed by atoms with Gasteiger partial charge in [0.05, 0.1) is 5.41 Å². The van der Waals surface area contributed by atoms with Crippen LogP contribution >= 0.6 is 0 Å². The van der Waals surface area contributed by atoms with E-state index in [-0.39, 0.29) is 11.6 Å². The highest BCUT2D eigenvalue weighted by Crippen LogP contribution is 2.39. The molecule has 1 saturated carbocycles. The van der Waals surface area contributed by atoms with Gasteiger partial charge in [0, 0.05) is 12.8 Å². The summed E-state index contributed by atoms with van der Waals surface area (Å²) in [6, 6.07) is 8.38. The molecule has 0 atom stereocenters. The van der Waals surface area contributed by atoms with E-state index in [1.165, 1.54) is 5.56 Å². The van der Waals surface area contributed by atoms with Crippen LogP contribution in [0.3, 0.4) is 0 Å². The van der Waals surface area contributed by atoms with E-state index in [2.05, 4.69) is 38.1 Å². The molecule has 102 valence electrons. The van der Waals surface area contributed by atoms with Crippen molar-refractivity contribution in [2.75, 3.05) is 0 Å². The fourth-order valence-corrected chi connectivity index (χ4v) is 2.99. The number of hydrogen-bond donors (Lipinski definition) is 0. The van der Waals surface area contributed by atoms with Crippen molar-refractivity contribution in [1.82, 2.24) is 0 Å². The zero-order chi connectivity index (χ0) is 14.0. The van der Waals surface area contributed by atoms with Crippen LogP contribution in [0.5, 0.6) is 0 Å². The number of rotatable bonds is 3. The van der Waals surface area contributed by atoms with Crippen LogP contribution in [0.1, 0.15) is 63.5 Å². The third-order valence-electron chi connectivity index (χ3n) is 4.47. The summed E-state index contributed by atoms with van der Waals surface area (Å²) < 4.78 is 0. The third kappa shape index (κ3) is 2.63. The standard InChI is InChI=1S/C17H22O2/c1-12(2)14-4-6-15(7-5-14)17(13(3)18)10-8-16(19)9-11-17/h4-7,12H,8-11H2,1-3H3. The van der Waals surface area contributed by atoms with Gasteiger partial charge in [0.25, 0.3) is 0 Å². The highest BCUT2D eigenvalue weighted by molar-refractivity contribution is 5.91. The average Bonchev–Trinajstić information content (AvgIpc) is 2.39. The summed E-state index contributed by atoms with van der Waals surface area (Å²) in [4.78, 5) is 23.6. The summed E-state index contributed by atoms with van der Waals surface area (Å²) in [5.41, 5.74) is 1.94. The van der Waals surface area contributed by atoms with Crippen LogP contribution in [0.4, 0.5) is 0 Å². The molecule has 1 aliphatic rings. The summed E-state index contributed by atoms with van der Waals surface area (Å²) in [7, 11) is 0. The van der Waals surface area contributed by atoms with Crippen molar-refractivity contribution in [1.29, 1.82) is 0 Å². The van der Waals surface area contributed by atoms with Crippen molar-refractivity contribution in [3.63, 3.8) is 0 Å². The molecular weight excluding hydrogens is 236 g/mol. The minimum atomic E-state index is -0.427. The molecule has 0 heterocycles. The molecule has 2 rings (SSSR count). The van der Waals surface area contributed by atoms with Crippen LogP contribution in [0.2, 0.25) is 0 Å². The minimum Gasteiger partial charge on any atom is -0.300 e. The Hall–Kier alpha value is -1.44. The zero-order valence-electron chi connectivity index (χ0n) is 12.0. The lowest BCUT2D eigenvalue weighted by molar-refractivity contribution is -0.127. The minimum absolute atomic E-state index is 0.192. The summed E-state index contributed by atoms with van der Waals surface area (Å²) in [5.74, 6) is 0.975. The first kappa shape index (κ1) is 14.0. The normalized spacial score (nSPS) is 18.6. The molecule has 1 aromatic carbocycles. The molecule has 0 unspecified atom stereocenters. The summed E-state index contributed by atoms with van der Waals surface area (Å²) in [6.45, 7) is 5.98. The van der Waals surface area contributed by atoms with Crippen molar-refractivity contribution >= 4 is 11.6 Å². The largest absolute Gasteiger partial charge is 0.300 e. The van der Waals surface area contributed by atoms with Crippen molar-refractivity contribution < 1.29 is 9.59 Å². The Kier molecular flexibility index (Phi) is 3.88. The summed E-state index contributed by atoms with van der Waals surface area (Å²) in [6.07, 6.45) is 2.40. The Morgan fingerprint density at radius 2 is 1.63 bits per heavy atom. The lowest BCUT2D eigenvalue weighted by atomic mass is 9.66. The molecule has 0 N–H and O–H groups in total. The Bertz CT molecular complexity index is 472. The number of benzene rings is 1. The molecule has 2 heteroatoms. The Morgan fingerprint density at radius 3 is 2.05 bits per heavy atom. The van der Waals surface area contributed by atoms with Gasteiger partial charge in [0.1, 0.15) is 11.6 Å². The molecule has 0 saturated heterocycles. The average molecular weight is 258 g/mol. The van der Waals surface area contributed by atoms with Gasteiger partial charge >= 0.3 is 0 Å². The van der Waals surface area contributed by atoms with Crippen LogP contribution in [0, 0.1) is 0 Å². The van der Waals surface area contributed by atoms with Crippen LogP contribution in [-0.2, 0) is 15.0 Å². The summed E-state index contributed by atoms with van der Waals surface area (Å²) in [5, 5.41) is 0. The molecule has 0 aromatic heterocycles. The topological polar surface area (TPSA) is 34.1 Å². The fourth-order valence-electron chi connectivity index (χ4n) is 2.99. The SMILES string of the molecule is CC(=O)C1(c2ccc(C(C)C)cc2)CCC(=O)CC1. The Balaban J connectivity index is 2.34. The Labute approximate surface area is 115 Å². The molecule has 1 aromatic rings. The van der Waals surface area contributed by atoms with Gasteiger partial charge in [0.2, 0.25) is 0 Å². The van der Waals surface area contributed by atoms with E-state index in [1.807, 2.05) is 0 Å². The van der Waals surface area contributed by atoms with Gasteiger partial charge in [-0.2, -0.15) is 0 Å². The molecule has 0 spiro atoms. The lowest BCUT2D eigenvalue weighted by Crippen LogP contribution is -2.38. The van der Waals surface area contributed by atoms with Gasteiger partial charge in [-0.15, -0.1) is 0 Å². The van der Waals surface area contributed by atoms with Gasteiger partial charge in [-0.3, -0.25) is 9.59 Å². The van der Waals surface area contributed by atoms with E-state index >= 15 is 0 Å². The van der Waals surface area contributed by atoms with E-state index in [9.17, 15) is 9.59 Å². The monoisotopic (exact) mass is 258 g/mol. The van der Waals surface area contributed by atoms with Crippen molar-refractivity contribution in [2.24, 2.45) is 0 Å². The number of carbonyl (C=O) groups is 2. The van der Waals surface area contributed by atoms with Crippen LogP contribution < -0.4 is 0 Å². The first-order valence-corrected chi connectivity index (χ1v) is 7.09. The van der Waals surface area contributed by atoms with Gasteiger partial charge < -0.3 is 0 Å². The highest BCUT2D eigenvalue weighted by Gasteiger charge is 2.40. The maximum atomic E-state index is 12.1. The van der Waals surface area contributed by atoms with E-state index < -0.39 is 5.41 Å². The zero-order valence-corrected chi connectivity index (χ0v) is 12.0. The number of ketones is 2. The number of hydrogen-bond acceptors (Lipinski definition) is 2. The predicted octanol–water partition coefficient (Wildman–Crippen LogP) is 3.78. The molecule has 1 aliphatic carbocycles. The van der Waals surface area contributed by atoms with Crippen LogP contribution in [-0.4, -0.2) is 11.6 Å². The molecule has 2 nitrogen and oxygen atoms in total. The van der Waals surface area contributed by atoms with E-state index in [4.69, 9.17) is 0 Å². The molecule has 0 radical (unpaired) electrons.